The summed E-state index contributed by atoms with van der Waals surface area (Å²) in [7, 11) is -3.94. The molecule has 0 aliphatic heterocycles. The van der Waals surface area contributed by atoms with Crippen molar-refractivity contribution in [1.29, 1.82) is 0 Å². The summed E-state index contributed by atoms with van der Waals surface area (Å²) in [6.07, 6.45) is 12.6. The molecule has 0 spiro atoms. The fourth-order valence-corrected chi connectivity index (χ4v) is 30.8. The van der Waals surface area contributed by atoms with Gasteiger partial charge in [-0.05, 0) is 22.2 Å². The van der Waals surface area contributed by atoms with Gasteiger partial charge < -0.3 is 8.47 Å². The van der Waals surface area contributed by atoms with Crippen molar-refractivity contribution in [2.45, 2.75) is 77.6 Å². The van der Waals surface area contributed by atoms with Crippen molar-refractivity contribution in [2.75, 3.05) is 0 Å². The summed E-state index contributed by atoms with van der Waals surface area (Å²) in [5.74, 6) is 0. The van der Waals surface area contributed by atoms with Gasteiger partial charge in [0.1, 0.15) is 0 Å². The van der Waals surface area contributed by atoms with Gasteiger partial charge in [0.05, 0.1) is 12.7 Å². The number of hydrogen-bond acceptors (Lipinski definition) is 2. The Balaban J connectivity index is 2.95. The van der Waals surface area contributed by atoms with Crippen LogP contribution in [0.1, 0.15) is 55.4 Å². The first-order chi connectivity index (χ1) is 11.2. The number of aromatic nitrogens is 4. The van der Waals surface area contributed by atoms with Gasteiger partial charge in [-0.2, -0.15) is 0 Å². The highest BCUT2D eigenvalue weighted by Gasteiger charge is 2.65. The smallest absolute Gasteiger partial charge is 0.181 e. The molecule has 0 atom stereocenters. The Morgan fingerprint density at radius 3 is 1.04 bits per heavy atom. The Labute approximate surface area is 149 Å². The molecule has 0 fully saturated rings. The minimum Gasteiger partial charge on any atom is -0.364 e. The summed E-state index contributed by atoms with van der Waals surface area (Å²) < 4.78 is 5.13. The van der Waals surface area contributed by atoms with E-state index in [0.29, 0.717) is 22.2 Å². The Morgan fingerprint density at radius 1 is 0.583 bits per heavy atom. The molecule has 4 nitrogen and oxygen atoms in total. The predicted molar refractivity (Wildman–Crippen MR) is 107 cm³/mol. The van der Waals surface area contributed by atoms with E-state index in [-0.39, 0.29) is 0 Å². The number of nitrogens with zero attached hydrogens (tertiary/aromatic N) is 4. The van der Waals surface area contributed by atoms with E-state index in [0.717, 1.165) is 0 Å². The summed E-state index contributed by atoms with van der Waals surface area (Å²) in [4.78, 5) is 8.92. The lowest BCUT2D eigenvalue weighted by Crippen LogP contribution is -2.76. The summed E-state index contributed by atoms with van der Waals surface area (Å²) in [6, 6.07) is 0. The predicted octanol–water partition coefficient (Wildman–Crippen LogP) is 5.09. The molecule has 6 heteroatoms. The lowest BCUT2D eigenvalue weighted by Gasteiger charge is -2.57. The van der Waals surface area contributed by atoms with Gasteiger partial charge in [0.2, 0.25) is 0 Å². The Hall–Kier alpha value is -1.15. The maximum Gasteiger partial charge on any atom is 0.181 e. The largest absolute Gasteiger partial charge is 0.364 e. The molecule has 0 saturated heterocycles. The van der Waals surface area contributed by atoms with E-state index in [1.165, 1.54) is 0 Å². The molecule has 0 unspecified atom stereocenters. The van der Waals surface area contributed by atoms with Crippen LogP contribution in [0.3, 0.4) is 0 Å². The van der Waals surface area contributed by atoms with Crippen LogP contribution in [0, 0.1) is 0 Å². The monoisotopic (exact) mass is 362 g/mol. The quantitative estimate of drug-likeness (QED) is 0.643. The average molecular weight is 363 g/mol. The minimum atomic E-state index is -1.97. The molecule has 0 aromatic carbocycles. The highest BCUT2D eigenvalue weighted by atomic mass is 29.3. The Morgan fingerprint density at radius 2 is 0.875 bits per heavy atom. The third-order valence-corrected chi connectivity index (χ3v) is 28.9. The van der Waals surface area contributed by atoms with Crippen LogP contribution in [-0.4, -0.2) is 33.9 Å². The van der Waals surface area contributed by atoms with Crippen molar-refractivity contribution >= 4 is 15.5 Å². The second-order valence-electron chi connectivity index (χ2n) is 8.21. The maximum absolute atomic E-state index is 4.46. The molecule has 0 amide bonds. The summed E-state index contributed by atoms with van der Waals surface area (Å²) in [6.45, 7) is 19.5. The maximum atomic E-state index is 4.46. The fourth-order valence-electron chi connectivity index (χ4n) is 5.75. The van der Waals surface area contributed by atoms with E-state index >= 15 is 0 Å². The van der Waals surface area contributed by atoms with Gasteiger partial charge in [-0.1, -0.05) is 55.4 Å². The zero-order chi connectivity index (χ0) is 18.1. The molecule has 2 aromatic rings. The summed E-state index contributed by atoms with van der Waals surface area (Å²) in [5.41, 5.74) is 2.52. The highest BCUT2D eigenvalue weighted by Crippen LogP contribution is 2.50. The van der Waals surface area contributed by atoms with Crippen molar-refractivity contribution in [3.8, 4) is 0 Å². The van der Waals surface area contributed by atoms with Gasteiger partial charge in [0.15, 0.2) is 15.5 Å². The lowest BCUT2D eigenvalue weighted by atomic mass is 10.5. The van der Waals surface area contributed by atoms with Crippen molar-refractivity contribution in [2.24, 2.45) is 0 Å². The van der Waals surface area contributed by atoms with Crippen LogP contribution in [0.25, 0.3) is 0 Å². The molecule has 2 heterocycles. The van der Waals surface area contributed by atoms with Crippen LogP contribution in [-0.2, 0) is 0 Å². The van der Waals surface area contributed by atoms with Crippen molar-refractivity contribution in [1.82, 2.24) is 18.4 Å². The molecule has 0 N–H and O–H groups in total. The van der Waals surface area contributed by atoms with Crippen molar-refractivity contribution in [3.05, 3.63) is 37.4 Å². The van der Waals surface area contributed by atoms with E-state index in [9.17, 15) is 0 Å². The van der Waals surface area contributed by atoms with Crippen LogP contribution in [0.5, 0.6) is 0 Å². The first-order valence-corrected chi connectivity index (χ1v) is 14.4. The molecule has 0 radical (unpaired) electrons. The van der Waals surface area contributed by atoms with E-state index < -0.39 is 15.5 Å². The second kappa shape index (κ2) is 7.00. The fraction of sp³-hybridized carbons (Fsp3) is 0.667. The zero-order valence-corrected chi connectivity index (χ0v) is 18.6. The van der Waals surface area contributed by atoms with Crippen LogP contribution in [0.4, 0.5) is 0 Å². The summed E-state index contributed by atoms with van der Waals surface area (Å²) >= 11 is 0. The van der Waals surface area contributed by atoms with E-state index in [1.807, 2.05) is 12.4 Å². The molecular weight excluding hydrogens is 328 g/mol. The molecule has 2 aromatic heterocycles. The third-order valence-electron chi connectivity index (χ3n) is 6.03. The van der Waals surface area contributed by atoms with E-state index in [2.05, 4.69) is 98.9 Å². The zero-order valence-electron chi connectivity index (χ0n) is 16.6. The summed E-state index contributed by atoms with van der Waals surface area (Å²) in [5, 5.41) is 0. The lowest BCUT2D eigenvalue weighted by molar-refractivity contribution is 0.795. The average Bonchev–Trinajstić information content (AvgIpc) is 3.15. The SMILES string of the molecule is CC(C)[Si](C(C)C)(n1ccnc1)[Si](C(C)C)(C(C)C)n1ccnc1. The molecule has 0 saturated carbocycles. The minimum absolute atomic E-state index is 0.630. The molecule has 0 aliphatic rings. The normalized spacial score (nSPS) is 13.7. The molecular formula is C18H34N4Si2. The van der Waals surface area contributed by atoms with Gasteiger partial charge in [-0.25, -0.2) is 9.97 Å². The molecule has 134 valence electrons. The van der Waals surface area contributed by atoms with Gasteiger partial charge in [-0.3, -0.25) is 0 Å². The molecule has 0 aliphatic carbocycles. The van der Waals surface area contributed by atoms with E-state index in [4.69, 9.17) is 0 Å². The van der Waals surface area contributed by atoms with Crippen LogP contribution in [0.15, 0.2) is 37.4 Å². The van der Waals surface area contributed by atoms with Crippen LogP contribution < -0.4 is 0 Å². The molecule has 24 heavy (non-hydrogen) atoms. The van der Waals surface area contributed by atoms with Crippen molar-refractivity contribution < 1.29 is 0 Å². The van der Waals surface area contributed by atoms with Crippen LogP contribution in [0.2, 0.25) is 22.2 Å². The third kappa shape index (κ3) is 2.46. The first-order valence-electron chi connectivity index (χ1n) is 9.20. The first kappa shape index (κ1) is 19.2. The molecule has 2 rings (SSSR count). The van der Waals surface area contributed by atoms with Crippen LogP contribution >= 0.6 is 0 Å². The molecule has 0 bridgehead atoms. The number of imidazole rings is 2. The van der Waals surface area contributed by atoms with Gasteiger partial charge >= 0.3 is 0 Å². The second-order valence-corrected chi connectivity index (χ2v) is 22.0. The van der Waals surface area contributed by atoms with Crippen molar-refractivity contribution in [3.63, 3.8) is 0 Å². The standard InChI is InChI=1S/C18H34N4Si2/c1-15(2)23(16(3)4,21-11-9-19-13-21)24(17(5)6,18(7)8)22-12-10-20-14-22/h9-18H,1-8H3. The van der Waals surface area contributed by atoms with E-state index in [1.54, 1.807) is 0 Å². The van der Waals surface area contributed by atoms with Gasteiger partial charge in [0, 0.05) is 24.8 Å². The highest BCUT2D eigenvalue weighted by molar-refractivity contribution is 7.43. The number of hydrogen-bond donors (Lipinski definition) is 0. The van der Waals surface area contributed by atoms with Gasteiger partial charge in [-0.15, -0.1) is 0 Å². The topological polar surface area (TPSA) is 35.6 Å². The Bertz CT molecular complexity index is 543. The number of rotatable bonds is 7. The Kier molecular flexibility index (Phi) is 5.59. The van der Waals surface area contributed by atoms with Gasteiger partial charge in [0.25, 0.3) is 0 Å².